The van der Waals surface area contributed by atoms with Crippen molar-refractivity contribution in [2.24, 2.45) is 16.5 Å². The Kier molecular flexibility index (Phi) is 5.06. The molecule has 1 aromatic carbocycles. The predicted molar refractivity (Wildman–Crippen MR) is 76.3 cm³/mol. The highest BCUT2D eigenvalue weighted by molar-refractivity contribution is 5.76. The molecule has 1 aromatic rings. The first-order chi connectivity index (χ1) is 8.81. The van der Waals surface area contributed by atoms with E-state index in [2.05, 4.69) is 4.99 Å². The van der Waals surface area contributed by atoms with E-state index in [1.165, 1.54) is 6.34 Å². The molecule has 0 heterocycles. The summed E-state index contributed by atoms with van der Waals surface area (Å²) in [6, 6.07) is 6.72. The molecular weight excluding hydrogens is 242 g/mol. The summed E-state index contributed by atoms with van der Waals surface area (Å²) in [5, 5.41) is 0. The van der Waals surface area contributed by atoms with Crippen LogP contribution in [0.1, 0.15) is 26.3 Å². The average molecular weight is 263 g/mol. The molecular formula is C14H21N3O2. The summed E-state index contributed by atoms with van der Waals surface area (Å²) < 4.78 is 5.24. The van der Waals surface area contributed by atoms with E-state index in [9.17, 15) is 4.79 Å². The van der Waals surface area contributed by atoms with Crippen molar-refractivity contribution in [3.63, 3.8) is 0 Å². The van der Waals surface area contributed by atoms with E-state index < -0.39 is 17.6 Å². The van der Waals surface area contributed by atoms with Gasteiger partial charge in [-0.1, -0.05) is 12.1 Å². The molecule has 0 saturated heterocycles. The maximum absolute atomic E-state index is 11.8. The van der Waals surface area contributed by atoms with Crippen molar-refractivity contribution in [1.82, 2.24) is 0 Å². The van der Waals surface area contributed by atoms with Crippen molar-refractivity contribution in [2.75, 3.05) is 0 Å². The summed E-state index contributed by atoms with van der Waals surface area (Å²) >= 11 is 0. The lowest BCUT2D eigenvalue weighted by molar-refractivity contribution is -0.156. The SMILES string of the molecule is CC(C)(C)OC(=O)C(N)Cc1cccc(N=CN)c1. The van der Waals surface area contributed by atoms with Gasteiger partial charge in [0.2, 0.25) is 0 Å². The van der Waals surface area contributed by atoms with Gasteiger partial charge in [0.05, 0.1) is 12.0 Å². The Labute approximate surface area is 113 Å². The summed E-state index contributed by atoms with van der Waals surface area (Å²) in [4.78, 5) is 15.8. The van der Waals surface area contributed by atoms with Gasteiger partial charge < -0.3 is 16.2 Å². The Balaban J connectivity index is 2.68. The Bertz CT molecular complexity index is 464. The van der Waals surface area contributed by atoms with Crippen molar-refractivity contribution in [3.8, 4) is 0 Å². The monoisotopic (exact) mass is 263 g/mol. The number of nitrogens with zero attached hydrogens (tertiary/aromatic N) is 1. The molecule has 5 heteroatoms. The van der Waals surface area contributed by atoms with Crippen LogP contribution in [0.2, 0.25) is 0 Å². The van der Waals surface area contributed by atoms with Crippen molar-refractivity contribution in [3.05, 3.63) is 29.8 Å². The molecule has 0 radical (unpaired) electrons. The third-order valence-electron chi connectivity index (χ3n) is 2.30. The third kappa shape index (κ3) is 5.52. The number of hydrogen-bond donors (Lipinski definition) is 2. The Morgan fingerprint density at radius 2 is 2.16 bits per heavy atom. The number of aliphatic imine (C=N–C) groups is 1. The second-order valence-electron chi connectivity index (χ2n) is 5.29. The van der Waals surface area contributed by atoms with E-state index in [1.54, 1.807) is 0 Å². The number of nitrogens with two attached hydrogens (primary N) is 2. The van der Waals surface area contributed by atoms with Crippen LogP contribution in [0.15, 0.2) is 29.3 Å². The first-order valence-electron chi connectivity index (χ1n) is 6.13. The number of esters is 1. The van der Waals surface area contributed by atoms with Crippen molar-refractivity contribution in [1.29, 1.82) is 0 Å². The third-order valence-corrected chi connectivity index (χ3v) is 2.30. The molecule has 0 aromatic heterocycles. The van der Waals surface area contributed by atoms with Crippen LogP contribution in [0.5, 0.6) is 0 Å². The predicted octanol–water partition coefficient (Wildman–Crippen LogP) is 1.52. The second kappa shape index (κ2) is 6.33. The molecule has 0 aliphatic carbocycles. The number of carbonyl (C=O) groups excluding carboxylic acids is 1. The van der Waals surface area contributed by atoms with Gasteiger partial charge in [0.1, 0.15) is 11.6 Å². The molecule has 0 amide bonds. The molecule has 0 spiro atoms. The first-order valence-corrected chi connectivity index (χ1v) is 6.13. The van der Waals surface area contributed by atoms with Crippen LogP contribution in [-0.2, 0) is 16.0 Å². The standard InChI is InChI=1S/C14H21N3O2/c1-14(2,3)19-13(18)12(16)8-10-5-4-6-11(7-10)17-9-15/h4-7,9,12H,8,16H2,1-3H3,(H2,15,17). The number of carbonyl (C=O) groups is 1. The van der Waals surface area contributed by atoms with Gasteiger partial charge in [0.25, 0.3) is 0 Å². The van der Waals surface area contributed by atoms with Crippen LogP contribution in [0.3, 0.4) is 0 Å². The van der Waals surface area contributed by atoms with Gasteiger partial charge >= 0.3 is 5.97 Å². The Morgan fingerprint density at radius 1 is 1.47 bits per heavy atom. The fourth-order valence-electron chi connectivity index (χ4n) is 1.56. The number of ether oxygens (including phenoxy) is 1. The van der Waals surface area contributed by atoms with Crippen LogP contribution < -0.4 is 11.5 Å². The molecule has 1 unspecified atom stereocenters. The molecule has 0 saturated carbocycles. The highest BCUT2D eigenvalue weighted by atomic mass is 16.6. The molecule has 4 N–H and O–H groups in total. The minimum Gasteiger partial charge on any atom is -0.459 e. The summed E-state index contributed by atoms with van der Waals surface area (Å²) in [5.74, 6) is -0.403. The summed E-state index contributed by atoms with van der Waals surface area (Å²) in [6.45, 7) is 5.44. The molecule has 1 atom stereocenters. The maximum atomic E-state index is 11.8. The number of benzene rings is 1. The molecule has 0 bridgehead atoms. The van der Waals surface area contributed by atoms with Gasteiger partial charge in [0.15, 0.2) is 0 Å². The molecule has 0 aliphatic rings. The van der Waals surface area contributed by atoms with Crippen LogP contribution in [0.4, 0.5) is 5.69 Å². The lowest BCUT2D eigenvalue weighted by Crippen LogP contribution is -2.38. The van der Waals surface area contributed by atoms with Crippen LogP contribution in [-0.4, -0.2) is 24.0 Å². The first kappa shape index (κ1) is 15.2. The second-order valence-corrected chi connectivity index (χ2v) is 5.29. The van der Waals surface area contributed by atoms with Gasteiger partial charge in [-0.3, -0.25) is 4.79 Å². The molecule has 1 rings (SSSR count). The lowest BCUT2D eigenvalue weighted by atomic mass is 10.1. The number of rotatable bonds is 4. The quantitative estimate of drug-likeness (QED) is 0.489. The minimum absolute atomic E-state index is 0.403. The molecule has 0 aliphatic heterocycles. The van der Waals surface area contributed by atoms with Gasteiger partial charge in [-0.2, -0.15) is 0 Å². The highest BCUT2D eigenvalue weighted by Gasteiger charge is 2.22. The largest absolute Gasteiger partial charge is 0.459 e. The topological polar surface area (TPSA) is 90.7 Å². The van der Waals surface area contributed by atoms with E-state index >= 15 is 0 Å². The van der Waals surface area contributed by atoms with Crippen molar-refractivity contribution < 1.29 is 9.53 Å². The zero-order chi connectivity index (χ0) is 14.5. The normalized spacial score (nSPS) is 13.5. The highest BCUT2D eigenvalue weighted by Crippen LogP contribution is 2.15. The molecule has 104 valence electrons. The Hall–Kier alpha value is -1.88. The van der Waals surface area contributed by atoms with Crippen LogP contribution in [0, 0.1) is 0 Å². The van der Waals surface area contributed by atoms with Gasteiger partial charge in [-0.05, 0) is 44.9 Å². The minimum atomic E-state index is -0.684. The van der Waals surface area contributed by atoms with E-state index in [0.29, 0.717) is 6.42 Å². The average Bonchev–Trinajstić information content (AvgIpc) is 2.27. The fourth-order valence-corrected chi connectivity index (χ4v) is 1.56. The Morgan fingerprint density at radius 3 is 2.74 bits per heavy atom. The molecule has 5 nitrogen and oxygen atoms in total. The zero-order valence-electron chi connectivity index (χ0n) is 11.6. The van der Waals surface area contributed by atoms with E-state index in [1.807, 2.05) is 45.0 Å². The molecule has 19 heavy (non-hydrogen) atoms. The van der Waals surface area contributed by atoms with Gasteiger partial charge in [-0.15, -0.1) is 0 Å². The number of hydrogen-bond acceptors (Lipinski definition) is 4. The van der Waals surface area contributed by atoms with E-state index in [4.69, 9.17) is 16.2 Å². The fraction of sp³-hybridized carbons (Fsp3) is 0.429. The van der Waals surface area contributed by atoms with E-state index in [-0.39, 0.29) is 0 Å². The smallest absolute Gasteiger partial charge is 0.323 e. The van der Waals surface area contributed by atoms with E-state index in [0.717, 1.165) is 11.3 Å². The lowest BCUT2D eigenvalue weighted by Gasteiger charge is -2.22. The maximum Gasteiger partial charge on any atom is 0.323 e. The van der Waals surface area contributed by atoms with Crippen LogP contribution >= 0.6 is 0 Å². The zero-order valence-corrected chi connectivity index (χ0v) is 11.6. The van der Waals surface area contributed by atoms with Crippen molar-refractivity contribution in [2.45, 2.75) is 38.8 Å². The van der Waals surface area contributed by atoms with Gasteiger partial charge in [-0.25, -0.2) is 4.99 Å². The summed E-state index contributed by atoms with van der Waals surface area (Å²) in [7, 11) is 0. The van der Waals surface area contributed by atoms with Crippen molar-refractivity contribution >= 4 is 18.0 Å². The van der Waals surface area contributed by atoms with Gasteiger partial charge in [0, 0.05) is 0 Å². The summed E-state index contributed by atoms with van der Waals surface area (Å²) in [6.07, 6.45) is 1.63. The molecule has 0 fully saturated rings. The van der Waals surface area contributed by atoms with Crippen LogP contribution in [0.25, 0.3) is 0 Å². The summed E-state index contributed by atoms with van der Waals surface area (Å²) in [5.41, 5.74) is 12.2.